The van der Waals surface area contributed by atoms with Gasteiger partial charge in [0.25, 0.3) is 0 Å². The lowest BCUT2D eigenvalue weighted by Crippen LogP contribution is -1.83. The molecule has 592 valence electrons. The molecule has 0 radical (unpaired) electrons. The van der Waals surface area contributed by atoms with Crippen LogP contribution in [0.1, 0.15) is 16.7 Å². The lowest BCUT2D eigenvalue weighted by Gasteiger charge is -2.08. The maximum Gasteiger partial charge on any atom is 0.187 e. The van der Waals surface area contributed by atoms with E-state index < -0.39 is 0 Å². The number of benzene rings is 20. The molecular formula is C118H64N4O6. The number of nitrogens with zero attached hydrogens (tertiary/aromatic N) is 4. The predicted octanol–water partition coefficient (Wildman–Crippen LogP) is 33.4. The fourth-order valence-corrected chi connectivity index (χ4v) is 18.4. The van der Waals surface area contributed by atoms with E-state index in [2.05, 4.69) is 272 Å². The van der Waals surface area contributed by atoms with Gasteiger partial charge in [-0.15, -0.1) is 0 Å². The van der Waals surface area contributed by atoms with Crippen LogP contribution >= 0.6 is 0 Å². The van der Waals surface area contributed by atoms with E-state index in [0.29, 0.717) is 22.4 Å². The molecule has 0 fully saturated rings. The molecule has 0 saturated carbocycles. The monoisotopic (exact) mass is 1630 g/mol. The van der Waals surface area contributed by atoms with Gasteiger partial charge >= 0.3 is 0 Å². The highest BCUT2D eigenvalue weighted by molar-refractivity contribution is 6.19. The highest BCUT2D eigenvalue weighted by Crippen LogP contribution is 2.45. The van der Waals surface area contributed by atoms with E-state index >= 15 is 0 Å². The van der Waals surface area contributed by atoms with Crippen LogP contribution < -0.4 is 0 Å². The van der Waals surface area contributed by atoms with Crippen LogP contribution in [0, 0.1) is 40.6 Å². The maximum atomic E-state index is 9.20. The lowest BCUT2D eigenvalue weighted by atomic mass is 9.96. The Bertz CT molecular complexity index is 9130. The summed E-state index contributed by atoms with van der Waals surface area (Å²) in [6, 6.07) is 139. The molecule has 20 aromatic carbocycles. The average molecular weight is 1630 g/mol. The Morgan fingerprint density at radius 2 is 0.383 bits per heavy atom. The van der Waals surface area contributed by atoms with Gasteiger partial charge in [0, 0.05) is 64.6 Å². The van der Waals surface area contributed by atoms with Gasteiger partial charge in [0.2, 0.25) is 0 Å². The quantitative estimate of drug-likeness (QED) is 0.135. The second kappa shape index (κ2) is 29.9. The first-order valence-electron chi connectivity index (χ1n) is 42.2. The van der Waals surface area contributed by atoms with Gasteiger partial charge in [-0.25, -0.2) is 4.85 Å². The van der Waals surface area contributed by atoms with Crippen molar-refractivity contribution in [3.8, 4) is 107 Å². The number of para-hydroxylation sites is 2. The molecule has 0 aliphatic heterocycles. The molecule has 0 atom stereocenters. The molecular weight excluding hydrogens is 1570 g/mol. The Labute approximate surface area is 730 Å². The topological polar surface area (TPSA) is 155 Å². The minimum Gasteiger partial charge on any atom is -0.456 e. The van der Waals surface area contributed by atoms with Crippen LogP contribution in [0.25, 0.3) is 258 Å². The van der Waals surface area contributed by atoms with Crippen LogP contribution in [-0.2, 0) is 0 Å². The minimum absolute atomic E-state index is 0.636. The van der Waals surface area contributed by atoms with E-state index in [9.17, 15) is 5.26 Å². The normalized spacial score (nSPS) is 11.6. The van der Waals surface area contributed by atoms with Gasteiger partial charge in [0.05, 0.1) is 41.5 Å². The molecule has 26 aromatic rings. The summed E-state index contributed by atoms with van der Waals surface area (Å²) in [5.41, 5.74) is 30.9. The molecule has 10 nitrogen and oxygen atoms in total. The fraction of sp³-hybridized carbons (Fsp3) is 0. The molecule has 0 spiro atoms. The molecule has 128 heavy (non-hydrogen) atoms. The van der Waals surface area contributed by atoms with Crippen molar-refractivity contribution in [3.63, 3.8) is 0 Å². The second-order valence-corrected chi connectivity index (χ2v) is 32.6. The maximum absolute atomic E-state index is 9.20. The standard InChI is InChI=1S/C44H24N2O2.C39H21NO2.C35H19NO2/c1-46-36-16-12-29(13-17-36)31-5-3-7-33(21-31)35-15-19-42-38(23-35)40-25-43-39(24-44(40)48-42)37-22-34(14-18-41(37)47-43)32-6-2-4-30(20-32)28-10-8-27(26-45)9-11-28;40-22-23-5-6-25-16-26(8-7-24(25)15-23)27-9-10-29-18-30(12-11-28(29)17-27)31-13-14-37-33(19-31)35-21-38-34(20-39(35)42-37)32-3-1-2-4-36(32)41-38;36-20-21-5-7-22(8-6-21)23-9-10-25-16-26(12-11-24(25)15-23)27-13-14-33-29(17-27)31-19-34-30(18-35(31)38-33)28-3-1-2-4-32(28)37-34/h2-25H;1-21H;1-19H. The van der Waals surface area contributed by atoms with Crippen molar-refractivity contribution in [2.75, 3.05) is 0 Å². The summed E-state index contributed by atoms with van der Waals surface area (Å²) >= 11 is 0. The van der Waals surface area contributed by atoms with E-state index in [1.165, 1.54) is 27.1 Å². The number of hydrogen-bond acceptors (Lipinski definition) is 9. The summed E-state index contributed by atoms with van der Waals surface area (Å²) in [6.07, 6.45) is 0. The van der Waals surface area contributed by atoms with Gasteiger partial charge in [0.15, 0.2) is 5.69 Å². The molecule has 0 bridgehead atoms. The summed E-state index contributed by atoms with van der Waals surface area (Å²) in [6.45, 7) is 7.23. The first kappa shape index (κ1) is 73.8. The van der Waals surface area contributed by atoms with E-state index in [0.717, 1.165) is 226 Å². The van der Waals surface area contributed by atoms with Crippen molar-refractivity contribution in [2.24, 2.45) is 0 Å². The van der Waals surface area contributed by atoms with Crippen LogP contribution in [0.4, 0.5) is 5.69 Å². The Morgan fingerprint density at radius 3 is 0.695 bits per heavy atom. The largest absolute Gasteiger partial charge is 0.456 e. The zero-order valence-corrected chi connectivity index (χ0v) is 68.2. The van der Waals surface area contributed by atoms with Crippen molar-refractivity contribution in [1.29, 1.82) is 15.8 Å². The van der Waals surface area contributed by atoms with Crippen molar-refractivity contribution < 1.29 is 26.5 Å². The lowest BCUT2D eigenvalue weighted by molar-refractivity contribution is 0.664. The third-order valence-corrected chi connectivity index (χ3v) is 25.1. The van der Waals surface area contributed by atoms with Crippen molar-refractivity contribution in [3.05, 3.63) is 416 Å². The van der Waals surface area contributed by atoms with Crippen LogP contribution in [0.2, 0.25) is 0 Å². The first-order valence-corrected chi connectivity index (χ1v) is 42.2. The Balaban J connectivity index is 0.000000108. The predicted molar refractivity (Wildman–Crippen MR) is 519 cm³/mol. The molecule has 0 aliphatic carbocycles. The molecule has 0 amide bonds. The smallest absolute Gasteiger partial charge is 0.187 e. The third-order valence-electron chi connectivity index (χ3n) is 25.1. The van der Waals surface area contributed by atoms with Crippen molar-refractivity contribution >= 4 is 170 Å². The highest BCUT2D eigenvalue weighted by atomic mass is 16.4. The van der Waals surface area contributed by atoms with Crippen LogP contribution in [-0.4, -0.2) is 0 Å². The number of fused-ring (bicyclic) bond motifs is 21. The van der Waals surface area contributed by atoms with Crippen LogP contribution in [0.15, 0.2) is 415 Å². The van der Waals surface area contributed by atoms with Gasteiger partial charge in [-0.05, 0) is 297 Å². The number of hydrogen-bond donors (Lipinski definition) is 0. The molecule has 0 saturated heterocycles. The molecule has 0 unspecified atom stereocenters. The Hall–Kier alpha value is -18.1. The zero-order chi connectivity index (χ0) is 85.2. The summed E-state index contributed by atoms with van der Waals surface area (Å²) < 4.78 is 37.6. The summed E-state index contributed by atoms with van der Waals surface area (Å²) in [5.74, 6) is 0. The van der Waals surface area contributed by atoms with E-state index in [4.69, 9.17) is 43.6 Å². The van der Waals surface area contributed by atoms with Gasteiger partial charge in [-0.2, -0.15) is 15.8 Å². The van der Waals surface area contributed by atoms with E-state index in [-0.39, 0.29) is 0 Å². The van der Waals surface area contributed by atoms with Gasteiger partial charge in [-0.3, -0.25) is 0 Å². The second-order valence-electron chi connectivity index (χ2n) is 32.6. The van der Waals surface area contributed by atoms with Crippen LogP contribution in [0.3, 0.4) is 0 Å². The third kappa shape index (κ3) is 13.0. The van der Waals surface area contributed by atoms with Gasteiger partial charge in [0.1, 0.15) is 67.0 Å². The summed E-state index contributed by atoms with van der Waals surface area (Å²) in [5, 5.41) is 47.1. The van der Waals surface area contributed by atoms with E-state index in [1.807, 2.05) is 140 Å². The zero-order valence-electron chi connectivity index (χ0n) is 68.2. The van der Waals surface area contributed by atoms with Crippen molar-refractivity contribution in [1.82, 2.24) is 0 Å². The number of furan rings is 6. The fourth-order valence-electron chi connectivity index (χ4n) is 18.4. The summed E-state index contributed by atoms with van der Waals surface area (Å²) in [4.78, 5) is 3.51. The molecule has 6 heterocycles. The molecule has 6 aromatic heterocycles. The van der Waals surface area contributed by atoms with Gasteiger partial charge < -0.3 is 26.5 Å². The Morgan fingerprint density at radius 1 is 0.164 bits per heavy atom. The number of nitriles is 3. The van der Waals surface area contributed by atoms with E-state index in [1.54, 1.807) is 0 Å². The molecule has 10 heteroatoms. The molecule has 0 N–H and O–H groups in total. The molecule has 26 rings (SSSR count). The first-order chi connectivity index (χ1) is 63.1. The van der Waals surface area contributed by atoms with Crippen molar-refractivity contribution in [2.45, 2.75) is 0 Å². The SMILES string of the molecule is N#Cc1ccc(-c2ccc3cc(-c4ccc5oc6cc7c(cc6c5c4)oc4ccccc47)ccc3c2)cc1.N#Cc1ccc2cc(-c3ccc4cc(-c5ccc6oc7cc8c(cc7c6c5)oc5ccccc58)ccc4c3)ccc2c1.[C-]#[N+]c1ccc(-c2cccc(-c3ccc4oc5cc6c(cc5c4c3)oc3ccc(-c4cccc(-c5ccc(C#N)cc5)c4)cc36)c2)cc1. The average Bonchev–Trinajstić information content (AvgIpc) is 1.59. The van der Waals surface area contributed by atoms with Crippen LogP contribution in [0.5, 0.6) is 0 Å². The Kier molecular flexibility index (Phi) is 17.3. The summed E-state index contributed by atoms with van der Waals surface area (Å²) in [7, 11) is 0. The number of rotatable bonds is 8. The van der Waals surface area contributed by atoms with Gasteiger partial charge in [-0.1, -0.05) is 212 Å². The minimum atomic E-state index is 0.636. The highest BCUT2D eigenvalue weighted by Gasteiger charge is 2.21. The molecule has 0 aliphatic rings.